The van der Waals surface area contributed by atoms with Crippen molar-refractivity contribution < 1.29 is 9.53 Å². The second kappa shape index (κ2) is 9.00. The molecule has 1 heterocycles. The van der Waals surface area contributed by atoms with Crippen LogP contribution in [0.15, 0.2) is 53.4 Å². The lowest BCUT2D eigenvalue weighted by Crippen LogP contribution is -2.39. The highest BCUT2D eigenvalue weighted by Gasteiger charge is 2.23. The van der Waals surface area contributed by atoms with Crippen molar-refractivity contribution in [1.29, 1.82) is 0 Å². The molecule has 1 atom stereocenters. The number of ether oxygens (including phenoxy) is 1. The van der Waals surface area contributed by atoms with Gasteiger partial charge in [0, 0.05) is 11.3 Å². The molecule has 3 rings (SSSR count). The molecule has 27 heavy (non-hydrogen) atoms. The molecule has 0 radical (unpaired) electrons. The Hall–Kier alpha value is -2.40. The van der Waals surface area contributed by atoms with Crippen LogP contribution in [0.25, 0.3) is 5.70 Å². The summed E-state index contributed by atoms with van der Waals surface area (Å²) in [5, 5.41) is 6.49. The van der Waals surface area contributed by atoms with Gasteiger partial charge in [0.15, 0.2) is 5.50 Å². The minimum atomic E-state index is -0.101. The van der Waals surface area contributed by atoms with Gasteiger partial charge in [0.05, 0.1) is 12.8 Å². The van der Waals surface area contributed by atoms with Crippen LogP contribution in [0.4, 0.5) is 0 Å². The van der Waals surface area contributed by atoms with Gasteiger partial charge in [-0.3, -0.25) is 4.79 Å². The van der Waals surface area contributed by atoms with E-state index in [0.29, 0.717) is 6.42 Å². The normalized spacial score (nSPS) is 16.2. The van der Waals surface area contributed by atoms with E-state index in [2.05, 4.69) is 41.8 Å². The first-order chi connectivity index (χ1) is 13.1. The van der Waals surface area contributed by atoms with Gasteiger partial charge in [-0.2, -0.15) is 0 Å². The minimum absolute atomic E-state index is 0.0762. The number of benzene rings is 2. The average Bonchev–Trinajstić information content (AvgIpc) is 3.02. The molecule has 0 bridgehead atoms. The molecule has 0 spiro atoms. The first-order valence-corrected chi connectivity index (χ1v) is 10.1. The number of hydrogen-bond donors (Lipinski definition) is 2. The SMILES string of the molecule is COc1ccc(CCCC(=O)N[C@H]2NC(c3ccccc3)=C(C)S2)cc1C. The lowest BCUT2D eigenvalue weighted by molar-refractivity contribution is -0.121. The summed E-state index contributed by atoms with van der Waals surface area (Å²) in [6.45, 7) is 4.12. The Balaban J connectivity index is 1.45. The van der Waals surface area contributed by atoms with E-state index < -0.39 is 0 Å². The second-order valence-corrected chi connectivity index (χ2v) is 7.98. The lowest BCUT2D eigenvalue weighted by atomic mass is 10.0. The van der Waals surface area contributed by atoms with Crippen molar-refractivity contribution in [3.8, 4) is 5.75 Å². The molecule has 5 heteroatoms. The number of allylic oxidation sites excluding steroid dienone is 1. The molecule has 4 nitrogen and oxygen atoms in total. The van der Waals surface area contributed by atoms with E-state index in [0.717, 1.165) is 35.4 Å². The van der Waals surface area contributed by atoms with Gasteiger partial charge in [0.2, 0.25) is 5.91 Å². The average molecular weight is 383 g/mol. The number of nitrogens with one attached hydrogen (secondary N) is 2. The number of carbonyl (C=O) groups excluding carboxylic acids is 1. The molecule has 1 aliphatic rings. The number of thioether (sulfide) groups is 1. The van der Waals surface area contributed by atoms with Crippen molar-refractivity contribution in [3.63, 3.8) is 0 Å². The van der Waals surface area contributed by atoms with Crippen LogP contribution in [0, 0.1) is 6.92 Å². The summed E-state index contributed by atoms with van der Waals surface area (Å²) in [4.78, 5) is 13.5. The number of carbonyl (C=O) groups is 1. The maximum atomic E-state index is 12.3. The van der Waals surface area contributed by atoms with Crippen LogP contribution in [0.3, 0.4) is 0 Å². The quantitative estimate of drug-likeness (QED) is 0.743. The molecule has 2 aromatic rings. The van der Waals surface area contributed by atoms with E-state index in [4.69, 9.17) is 4.74 Å². The zero-order chi connectivity index (χ0) is 19.2. The van der Waals surface area contributed by atoms with Gasteiger partial charge in [0.25, 0.3) is 0 Å². The van der Waals surface area contributed by atoms with Gasteiger partial charge >= 0.3 is 0 Å². The largest absolute Gasteiger partial charge is 0.496 e. The summed E-state index contributed by atoms with van der Waals surface area (Å²) in [5.41, 5.74) is 4.50. The minimum Gasteiger partial charge on any atom is -0.496 e. The van der Waals surface area contributed by atoms with Gasteiger partial charge in [-0.1, -0.05) is 54.2 Å². The molecule has 2 N–H and O–H groups in total. The fourth-order valence-corrected chi connectivity index (χ4v) is 4.24. The van der Waals surface area contributed by atoms with Crippen LogP contribution < -0.4 is 15.4 Å². The first-order valence-electron chi connectivity index (χ1n) is 9.19. The maximum absolute atomic E-state index is 12.3. The number of hydrogen-bond acceptors (Lipinski definition) is 4. The highest BCUT2D eigenvalue weighted by atomic mass is 32.2. The Morgan fingerprint density at radius 1 is 1.19 bits per heavy atom. The molecule has 0 saturated heterocycles. The predicted molar refractivity (Wildman–Crippen MR) is 112 cm³/mol. The Kier molecular flexibility index (Phi) is 6.45. The van der Waals surface area contributed by atoms with Crippen molar-refractivity contribution in [2.24, 2.45) is 0 Å². The monoisotopic (exact) mass is 382 g/mol. The molecule has 2 aromatic carbocycles. The maximum Gasteiger partial charge on any atom is 0.222 e. The van der Waals surface area contributed by atoms with E-state index in [9.17, 15) is 4.79 Å². The van der Waals surface area contributed by atoms with Crippen molar-refractivity contribution >= 4 is 23.4 Å². The number of rotatable bonds is 7. The van der Waals surface area contributed by atoms with E-state index in [-0.39, 0.29) is 11.4 Å². The van der Waals surface area contributed by atoms with E-state index in [1.165, 1.54) is 10.5 Å². The summed E-state index contributed by atoms with van der Waals surface area (Å²) in [6, 6.07) is 16.4. The Morgan fingerprint density at radius 2 is 1.96 bits per heavy atom. The third kappa shape index (κ3) is 5.07. The fourth-order valence-electron chi connectivity index (χ4n) is 3.22. The molecule has 0 aromatic heterocycles. The second-order valence-electron chi connectivity index (χ2n) is 6.66. The van der Waals surface area contributed by atoms with Crippen LogP contribution in [-0.2, 0) is 11.2 Å². The van der Waals surface area contributed by atoms with E-state index in [1.54, 1.807) is 18.9 Å². The van der Waals surface area contributed by atoms with Gasteiger partial charge in [-0.25, -0.2) is 0 Å². The van der Waals surface area contributed by atoms with Crippen molar-refractivity contribution in [3.05, 3.63) is 70.1 Å². The third-order valence-corrected chi connectivity index (χ3v) is 5.63. The fraction of sp³-hybridized carbons (Fsp3) is 0.318. The molecule has 1 aliphatic heterocycles. The predicted octanol–water partition coefficient (Wildman–Crippen LogP) is 4.45. The molecular formula is C22H26N2O2S. The van der Waals surface area contributed by atoms with Crippen molar-refractivity contribution in [2.75, 3.05) is 7.11 Å². The molecular weight excluding hydrogens is 356 g/mol. The molecule has 142 valence electrons. The zero-order valence-corrected chi connectivity index (χ0v) is 16.9. The van der Waals surface area contributed by atoms with E-state index in [1.807, 2.05) is 31.2 Å². The zero-order valence-electron chi connectivity index (χ0n) is 16.0. The van der Waals surface area contributed by atoms with Gasteiger partial charge in [-0.15, -0.1) is 0 Å². The lowest BCUT2D eigenvalue weighted by Gasteiger charge is -2.15. The summed E-state index contributed by atoms with van der Waals surface area (Å²) in [5.74, 6) is 0.977. The summed E-state index contributed by atoms with van der Waals surface area (Å²) < 4.78 is 5.29. The molecule has 0 unspecified atom stereocenters. The molecule has 0 fully saturated rings. The van der Waals surface area contributed by atoms with Crippen LogP contribution >= 0.6 is 11.8 Å². The third-order valence-electron chi connectivity index (χ3n) is 4.61. The van der Waals surface area contributed by atoms with Crippen molar-refractivity contribution in [1.82, 2.24) is 10.6 Å². The highest BCUT2D eigenvalue weighted by molar-refractivity contribution is 8.04. The molecule has 0 aliphatic carbocycles. The van der Waals surface area contributed by atoms with Crippen LogP contribution in [0.5, 0.6) is 5.75 Å². The Bertz CT molecular complexity index is 833. The topological polar surface area (TPSA) is 50.4 Å². The first kappa shape index (κ1) is 19.4. The van der Waals surface area contributed by atoms with E-state index >= 15 is 0 Å². The van der Waals surface area contributed by atoms with Gasteiger partial charge in [0.1, 0.15) is 5.75 Å². The smallest absolute Gasteiger partial charge is 0.222 e. The number of aryl methyl sites for hydroxylation is 2. The summed E-state index contributed by atoms with van der Waals surface area (Å²) in [6.07, 6.45) is 2.23. The van der Waals surface area contributed by atoms with Crippen LogP contribution in [0.2, 0.25) is 0 Å². The Morgan fingerprint density at radius 3 is 2.67 bits per heavy atom. The summed E-state index contributed by atoms with van der Waals surface area (Å²) >= 11 is 1.66. The number of methoxy groups -OCH3 is 1. The highest BCUT2D eigenvalue weighted by Crippen LogP contribution is 2.33. The Labute approximate surface area is 165 Å². The summed E-state index contributed by atoms with van der Waals surface area (Å²) in [7, 11) is 1.68. The molecule has 0 saturated carbocycles. The standard InChI is InChI=1S/C22H26N2O2S/c1-15-14-17(12-13-19(15)26-3)8-7-11-20(25)23-22-24-21(16(2)27-22)18-9-5-4-6-10-18/h4-6,9-10,12-14,22,24H,7-8,11H2,1-3H3,(H,23,25)/t22-/m0/s1. The van der Waals surface area contributed by atoms with Crippen LogP contribution in [-0.4, -0.2) is 18.5 Å². The van der Waals surface area contributed by atoms with Gasteiger partial charge in [-0.05, 0) is 49.4 Å². The molecule has 1 amide bonds. The van der Waals surface area contributed by atoms with Crippen molar-refractivity contribution in [2.45, 2.75) is 38.6 Å². The van der Waals surface area contributed by atoms with Crippen LogP contribution in [0.1, 0.15) is 36.5 Å². The number of amides is 1. The van der Waals surface area contributed by atoms with Gasteiger partial charge < -0.3 is 15.4 Å².